The molecule has 0 saturated carbocycles. The summed E-state index contributed by atoms with van der Waals surface area (Å²) in [6.45, 7) is 8.45. The lowest BCUT2D eigenvalue weighted by atomic mass is 10.1. The SMILES string of the molecule is CCOC(=O)/C=C(C)/C=C/CC(C)C. The van der Waals surface area contributed by atoms with Gasteiger partial charge in [-0.25, -0.2) is 4.79 Å². The van der Waals surface area contributed by atoms with Crippen molar-refractivity contribution in [1.82, 2.24) is 0 Å². The first-order valence-corrected chi connectivity index (χ1v) is 5.07. The molecule has 0 spiro atoms. The summed E-state index contributed by atoms with van der Waals surface area (Å²) in [6, 6.07) is 0. The van der Waals surface area contributed by atoms with Crippen LogP contribution in [0.2, 0.25) is 0 Å². The second-order valence-electron chi connectivity index (χ2n) is 3.67. The number of carbonyl (C=O) groups is 1. The molecule has 0 aromatic rings. The lowest BCUT2D eigenvalue weighted by Crippen LogP contribution is -1.99. The van der Waals surface area contributed by atoms with Crippen LogP contribution < -0.4 is 0 Å². The number of esters is 1. The van der Waals surface area contributed by atoms with E-state index in [1.165, 1.54) is 6.08 Å². The molecule has 2 nitrogen and oxygen atoms in total. The standard InChI is InChI=1S/C12H20O2/c1-5-14-12(13)9-11(4)8-6-7-10(2)3/h6,8-10H,5,7H2,1-4H3/b8-6+,11-9+. The van der Waals surface area contributed by atoms with Crippen LogP contribution in [0.25, 0.3) is 0 Å². The normalized spacial score (nSPS) is 12.5. The van der Waals surface area contributed by atoms with Gasteiger partial charge in [-0.2, -0.15) is 0 Å². The Hall–Kier alpha value is -1.05. The quantitative estimate of drug-likeness (QED) is 0.383. The number of carbonyl (C=O) groups excluding carboxylic acids is 1. The molecule has 0 N–H and O–H groups in total. The summed E-state index contributed by atoms with van der Waals surface area (Å²) >= 11 is 0. The van der Waals surface area contributed by atoms with Gasteiger partial charge in [0.05, 0.1) is 6.61 Å². The predicted molar refractivity (Wildman–Crippen MR) is 59.0 cm³/mol. The van der Waals surface area contributed by atoms with Gasteiger partial charge in [-0.15, -0.1) is 0 Å². The van der Waals surface area contributed by atoms with Crippen molar-refractivity contribution in [3.05, 3.63) is 23.8 Å². The molecule has 0 amide bonds. The molecule has 0 atom stereocenters. The first-order valence-electron chi connectivity index (χ1n) is 5.07. The van der Waals surface area contributed by atoms with E-state index in [-0.39, 0.29) is 5.97 Å². The first kappa shape index (κ1) is 12.9. The van der Waals surface area contributed by atoms with E-state index in [4.69, 9.17) is 4.74 Å². The molecular formula is C12H20O2. The van der Waals surface area contributed by atoms with Gasteiger partial charge < -0.3 is 4.74 Å². The van der Waals surface area contributed by atoms with Crippen molar-refractivity contribution in [2.45, 2.75) is 34.1 Å². The molecule has 14 heavy (non-hydrogen) atoms. The zero-order valence-corrected chi connectivity index (χ0v) is 9.54. The Balaban J connectivity index is 3.99. The van der Waals surface area contributed by atoms with E-state index >= 15 is 0 Å². The summed E-state index contributed by atoms with van der Waals surface area (Å²) in [4.78, 5) is 11.0. The molecule has 0 aliphatic carbocycles. The maximum Gasteiger partial charge on any atom is 0.330 e. The maximum atomic E-state index is 11.0. The molecular weight excluding hydrogens is 176 g/mol. The van der Waals surface area contributed by atoms with Gasteiger partial charge in [0.2, 0.25) is 0 Å². The van der Waals surface area contributed by atoms with Crippen molar-refractivity contribution in [3.8, 4) is 0 Å². The third-order valence-electron chi connectivity index (χ3n) is 1.62. The van der Waals surface area contributed by atoms with Crippen molar-refractivity contribution in [2.24, 2.45) is 5.92 Å². The molecule has 2 heteroatoms. The van der Waals surface area contributed by atoms with Crippen LogP contribution in [0.1, 0.15) is 34.1 Å². The molecule has 0 aromatic heterocycles. The summed E-state index contributed by atoms with van der Waals surface area (Å²) in [6.07, 6.45) is 6.58. The third kappa shape index (κ3) is 7.59. The topological polar surface area (TPSA) is 26.3 Å². The van der Waals surface area contributed by atoms with Crippen LogP contribution in [-0.4, -0.2) is 12.6 Å². The molecule has 0 radical (unpaired) electrons. The number of hydrogen-bond acceptors (Lipinski definition) is 2. The Morgan fingerprint density at radius 2 is 2.07 bits per heavy atom. The number of rotatable bonds is 5. The molecule has 0 aromatic carbocycles. The number of allylic oxidation sites excluding steroid dienone is 3. The molecule has 0 heterocycles. The van der Waals surface area contributed by atoms with Crippen LogP contribution in [0.3, 0.4) is 0 Å². The molecule has 0 aliphatic rings. The Morgan fingerprint density at radius 1 is 1.43 bits per heavy atom. The predicted octanol–water partition coefficient (Wildman–Crippen LogP) is 3.10. The number of ether oxygens (including phenoxy) is 1. The molecule has 0 bridgehead atoms. The minimum Gasteiger partial charge on any atom is -0.463 e. The molecule has 0 rings (SSSR count). The summed E-state index contributed by atoms with van der Waals surface area (Å²) in [5.74, 6) is 0.390. The van der Waals surface area contributed by atoms with Crippen LogP contribution in [0.4, 0.5) is 0 Å². The third-order valence-corrected chi connectivity index (χ3v) is 1.62. The minimum atomic E-state index is -0.265. The Kier molecular flexibility index (Phi) is 6.81. The highest BCUT2D eigenvalue weighted by molar-refractivity contribution is 5.83. The zero-order chi connectivity index (χ0) is 11.0. The van der Waals surface area contributed by atoms with Crippen molar-refractivity contribution in [3.63, 3.8) is 0 Å². The van der Waals surface area contributed by atoms with E-state index in [2.05, 4.69) is 19.9 Å². The summed E-state index contributed by atoms with van der Waals surface area (Å²) < 4.78 is 4.79. The lowest BCUT2D eigenvalue weighted by molar-refractivity contribution is -0.137. The first-order chi connectivity index (χ1) is 6.56. The smallest absolute Gasteiger partial charge is 0.330 e. The van der Waals surface area contributed by atoms with Gasteiger partial charge >= 0.3 is 5.97 Å². The van der Waals surface area contributed by atoms with E-state index in [1.54, 1.807) is 6.92 Å². The van der Waals surface area contributed by atoms with Crippen LogP contribution in [0.15, 0.2) is 23.8 Å². The number of hydrogen-bond donors (Lipinski definition) is 0. The maximum absolute atomic E-state index is 11.0. The van der Waals surface area contributed by atoms with E-state index in [0.717, 1.165) is 12.0 Å². The van der Waals surface area contributed by atoms with Gasteiger partial charge in [-0.05, 0) is 31.8 Å². The fraction of sp³-hybridized carbons (Fsp3) is 0.583. The highest BCUT2D eigenvalue weighted by Crippen LogP contribution is 2.03. The van der Waals surface area contributed by atoms with Crippen molar-refractivity contribution in [1.29, 1.82) is 0 Å². The van der Waals surface area contributed by atoms with Crippen LogP contribution >= 0.6 is 0 Å². The van der Waals surface area contributed by atoms with Gasteiger partial charge in [-0.1, -0.05) is 26.0 Å². The minimum absolute atomic E-state index is 0.265. The van der Waals surface area contributed by atoms with Crippen molar-refractivity contribution in [2.75, 3.05) is 6.61 Å². The molecule has 0 unspecified atom stereocenters. The average Bonchev–Trinajstić information content (AvgIpc) is 2.03. The van der Waals surface area contributed by atoms with Crippen LogP contribution in [-0.2, 0) is 9.53 Å². The van der Waals surface area contributed by atoms with Crippen molar-refractivity contribution < 1.29 is 9.53 Å². The highest BCUT2D eigenvalue weighted by Gasteiger charge is 1.95. The fourth-order valence-electron chi connectivity index (χ4n) is 0.944. The van der Waals surface area contributed by atoms with E-state index in [0.29, 0.717) is 12.5 Å². The van der Waals surface area contributed by atoms with Crippen LogP contribution in [0.5, 0.6) is 0 Å². The van der Waals surface area contributed by atoms with Gasteiger partial charge in [0.1, 0.15) is 0 Å². The second kappa shape index (κ2) is 7.36. The molecule has 80 valence electrons. The fourth-order valence-corrected chi connectivity index (χ4v) is 0.944. The van der Waals surface area contributed by atoms with Crippen molar-refractivity contribution >= 4 is 5.97 Å². The zero-order valence-electron chi connectivity index (χ0n) is 9.54. The van der Waals surface area contributed by atoms with Gasteiger partial charge in [0.15, 0.2) is 0 Å². The molecule has 0 saturated heterocycles. The lowest BCUT2D eigenvalue weighted by Gasteiger charge is -1.98. The summed E-state index contributed by atoms with van der Waals surface area (Å²) in [7, 11) is 0. The van der Waals surface area contributed by atoms with Gasteiger partial charge in [-0.3, -0.25) is 0 Å². The van der Waals surface area contributed by atoms with E-state index in [1.807, 2.05) is 13.0 Å². The van der Waals surface area contributed by atoms with Gasteiger partial charge in [0, 0.05) is 6.08 Å². The highest BCUT2D eigenvalue weighted by atomic mass is 16.5. The monoisotopic (exact) mass is 196 g/mol. The molecule has 0 aliphatic heterocycles. The second-order valence-corrected chi connectivity index (χ2v) is 3.67. The Morgan fingerprint density at radius 3 is 2.57 bits per heavy atom. The Bertz CT molecular complexity index is 224. The summed E-state index contributed by atoms with van der Waals surface area (Å²) in [5.41, 5.74) is 0.934. The molecule has 0 fully saturated rings. The average molecular weight is 196 g/mol. The largest absolute Gasteiger partial charge is 0.463 e. The van der Waals surface area contributed by atoms with E-state index < -0.39 is 0 Å². The Labute approximate surface area is 86.6 Å². The van der Waals surface area contributed by atoms with E-state index in [9.17, 15) is 4.79 Å². The van der Waals surface area contributed by atoms with Crippen LogP contribution in [0, 0.1) is 5.92 Å². The summed E-state index contributed by atoms with van der Waals surface area (Å²) in [5, 5.41) is 0. The van der Waals surface area contributed by atoms with Gasteiger partial charge in [0.25, 0.3) is 0 Å².